The minimum atomic E-state index is -0.945. The second-order valence-electron chi connectivity index (χ2n) is 5.14. The van der Waals surface area contributed by atoms with E-state index in [1.54, 1.807) is 31.2 Å². The maximum absolute atomic E-state index is 12.1. The Balaban J connectivity index is 2.17. The fourth-order valence-electron chi connectivity index (χ4n) is 1.98. The SMILES string of the molecule is C[C@@H](CCC(=O)O)C(=O)Nc1nc(-c2cccc(Cl)c2)c(C#N)s1. The maximum Gasteiger partial charge on any atom is 0.303 e. The number of nitrogens with zero attached hydrogens (tertiary/aromatic N) is 2. The van der Waals surface area contributed by atoms with Gasteiger partial charge in [0, 0.05) is 22.9 Å². The molecule has 0 aliphatic carbocycles. The molecule has 2 aromatic rings. The highest BCUT2D eigenvalue weighted by Crippen LogP contribution is 2.32. The van der Waals surface area contributed by atoms with Gasteiger partial charge in [-0.05, 0) is 18.6 Å². The van der Waals surface area contributed by atoms with Crippen molar-refractivity contribution in [2.75, 3.05) is 5.32 Å². The van der Waals surface area contributed by atoms with Crippen LogP contribution in [0.2, 0.25) is 5.02 Å². The molecule has 0 bridgehead atoms. The summed E-state index contributed by atoms with van der Waals surface area (Å²) in [5.41, 5.74) is 1.15. The van der Waals surface area contributed by atoms with Gasteiger partial charge in [0.05, 0.1) is 0 Å². The van der Waals surface area contributed by atoms with Crippen molar-refractivity contribution < 1.29 is 14.7 Å². The summed E-state index contributed by atoms with van der Waals surface area (Å²) in [6, 6.07) is 9.01. The number of nitriles is 1. The number of halogens is 1. The monoisotopic (exact) mass is 363 g/mol. The van der Waals surface area contributed by atoms with Gasteiger partial charge in [0.15, 0.2) is 5.13 Å². The van der Waals surface area contributed by atoms with Gasteiger partial charge in [0.25, 0.3) is 0 Å². The van der Waals surface area contributed by atoms with Crippen LogP contribution in [0.1, 0.15) is 24.6 Å². The van der Waals surface area contributed by atoms with E-state index in [2.05, 4.69) is 16.4 Å². The van der Waals surface area contributed by atoms with E-state index in [9.17, 15) is 14.9 Å². The molecular formula is C16H14ClN3O3S. The molecule has 0 saturated heterocycles. The van der Waals surface area contributed by atoms with Crippen LogP contribution in [0.25, 0.3) is 11.3 Å². The molecule has 0 aliphatic heterocycles. The Morgan fingerprint density at radius 1 is 1.50 bits per heavy atom. The maximum atomic E-state index is 12.1. The molecular weight excluding hydrogens is 350 g/mol. The summed E-state index contributed by atoms with van der Waals surface area (Å²) in [4.78, 5) is 27.3. The van der Waals surface area contributed by atoms with Crippen LogP contribution in [-0.2, 0) is 9.59 Å². The van der Waals surface area contributed by atoms with Crippen molar-refractivity contribution in [2.24, 2.45) is 5.92 Å². The van der Waals surface area contributed by atoms with Crippen LogP contribution in [0.3, 0.4) is 0 Å². The molecule has 1 amide bonds. The van der Waals surface area contributed by atoms with Crippen LogP contribution >= 0.6 is 22.9 Å². The summed E-state index contributed by atoms with van der Waals surface area (Å²) in [7, 11) is 0. The standard InChI is InChI=1S/C16H14ClN3O3S/c1-9(5-6-13(21)22)15(23)20-16-19-14(12(8-18)24-16)10-3-2-4-11(17)7-10/h2-4,7,9H,5-6H2,1H3,(H,21,22)(H,19,20,23)/t9-/m0/s1. The number of hydrogen-bond acceptors (Lipinski definition) is 5. The van der Waals surface area contributed by atoms with Crippen molar-refractivity contribution in [1.82, 2.24) is 4.98 Å². The van der Waals surface area contributed by atoms with Gasteiger partial charge >= 0.3 is 5.97 Å². The Morgan fingerprint density at radius 2 is 2.25 bits per heavy atom. The second-order valence-corrected chi connectivity index (χ2v) is 6.58. The summed E-state index contributed by atoms with van der Waals surface area (Å²) in [5, 5.41) is 21.4. The molecule has 1 atom stereocenters. The predicted octanol–water partition coefficient (Wildman–Crippen LogP) is 3.77. The van der Waals surface area contributed by atoms with Crippen molar-refractivity contribution in [3.63, 3.8) is 0 Å². The molecule has 2 N–H and O–H groups in total. The number of carbonyl (C=O) groups is 2. The average Bonchev–Trinajstić information content (AvgIpc) is 2.95. The highest BCUT2D eigenvalue weighted by atomic mass is 35.5. The van der Waals surface area contributed by atoms with Crippen molar-refractivity contribution in [2.45, 2.75) is 19.8 Å². The lowest BCUT2D eigenvalue weighted by Crippen LogP contribution is -2.21. The zero-order valence-electron chi connectivity index (χ0n) is 12.7. The molecule has 0 aliphatic rings. The van der Waals surface area contributed by atoms with Gasteiger partial charge in [-0.1, -0.05) is 42.0 Å². The number of hydrogen-bond donors (Lipinski definition) is 2. The van der Waals surface area contributed by atoms with Crippen molar-refractivity contribution in [1.29, 1.82) is 5.26 Å². The van der Waals surface area contributed by atoms with Gasteiger partial charge in [-0.2, -0.15) is 5.26 Å². The van der Waals surface area contributed by atoms with E-state index in [4.69, 9.17) is 16.7 Å². The Hall–Kier alpha value is -2.43. The molecule has 2 rings (SSSR count). The summed E-state index contributed by atoms with van der Waals surface area (Å²) >= 11 is 7.03. The normalized spacial score (nSPS) is 11.5. The highest BCUT2D eigenvalue weighted by Gasteiger charge is 2.18. The first kappa shape index (κ1) is 17.9. The zero-order chi connectivity index (χ0) is 17.7. The third-order valence-electron chi connectivity index (χ3n) is 3.30. The Bertz CT molecular complexity index is 813. The third-order valence-corrected chi connectivity index (χ3v) is 4.41. The molecule has 0 spiro atoms. The predicted molar refractivity (Wildman–Crippen MR) is 91.9 cm³/mol. The lowest BCUT2D eigenvalue weighted by atomic mass is 10.1. The number of thiazole rings is 1. The molecule has 124 valence electrons. The van der Waals surface area contributed by atoms with Crippen LogP contribution in [0, 0.1) is 17.2 Å². The van der Waals surface area contributed by atoms with E-state index in [1.807, 2.05) is 0 Å². The first-order valence-corrected chi connectivity index (χ1v) is 8.29. The molecule has 24 heavy (non-hydrogen) atoms. The van der Waals surface area contributed by atoms with E-state index in [0.29, 0.717) is 26.3 Å². The highest BCUT2D eigenvalue weighted by molar-refractivity contribution is 7.16. The van der Waals surface area contributed by atoms with Crippen LogP contribution in [0.5, 0.6) is 0 Å². The van der Waals surface area contributed by atoms with Gasteiger partial charge in [-0.15, -0.1) is 0 Å². The van der Waals surface area contributed by atoms with Crippen LogP contribution in [0.15, 0.2) is 24.3 Å². The van der Waals surface area contributed by atoms with Gasteiger partial charge in [-0.3, -0.25) is 9.59 Å². The average molecular weight is 364 g/mol. The van der Waals surface area contributed by atoms with E-state index in [-0.39, 0.29) is 18.7 Å². The summed E-state index contributed by atoms with van der Waals surface area (Å²) < 4.78 is 0. The van der Waals surface area contributed by atoms with Gasteiger partial charge in [0.2, 0.25) is 5.91 Å². The summed E-state index contributed by atoms with van der Waals surface area (Å²) in [6.45, 7) is 1.65. The molecule has 0 radical (unpaired) electrons. The first-order valence-electron chi connectivity index (χ1n) is 7.10. The first-order chi connectivity index (χ1) is 11.4. The van der Waals surface area contributed by atoms with Gasteiger partial charge < -0.3 is 10.4 Å². The molecule has 6 nitrogen and oxygen atoms in total. The number of aromatic nitrogens is 1. The van der Waals surface area contributed by atoms with Gasteiger partial charge in [-0.25, -0.2) is 4.98 Å². The Kier molecular flexibility index (Phi) is 5.90. The fourth-order valence-corrected chi connectivity index (χ4v) is 2.96. The van der Waals surface area contributed by atoms with Crippen LogP contribution < -0.4 is 5.32 Å². The van der Waals surface area contributed by atoms with E-state index in [0.717, 1.165) is 11.3 Å². The molecule has 1 heterocycles. The molecule has 8 heteroatoms. The number of carbonyl (C=O) groups excluding carboxylic acids is 1. The Labute approximate surface area is 147 Å². The molecule has 1 aromatic heterocycles. The number of aliphatic carboxylic acids is 1. The van der Waals surface area contributed by atoms with E-state index >= 15 is 0 Å². The smallest absolute Gasteiger partial charge is 0.303 e. The Morgan fingerprint density at radius 3 is 2.88 bits per heavy atom. The molecule has 0 saturated carbocycles. The number of nitrogens with one attached hydrogen (secondary N) is 1. The number of carboxylic acids is 1. The van der Waals surface area contributed by atoms with Crippen LogP contribution in [0.4, 0.5) is 5.13 Å². The quantitative estimate of drug-likeness (QED) is 0.812. The van der Waals surface area contributed by atoms with E-state index < -0.39 is 11.9 Å². The summed E-state index contributed by atoms with van der Waals surface area (Å²) in [5.74, 6) is -1.74. The number of rotatable bonds is 6. The van der Waals surface area contributed by atoms with E-state index in [1.165, 1.54) is 0 Å². The number of amides is 1. The lowest BCUT2D eigenvalue weighted by molar-refractivity contribution is -0.137. The topological polar surface area (TPSA) is 103 Å². The fraction of sp³-hybridized carbons (Fsp3) is 0.250. The van der Waals surface area contributed by atoms with Crippen LogP contribution in [-0.4, -0.2) is 22.0 Å². The minimum absolute atomic E-state index is 0.0797. The lowest BCUT2D eigenvalue weighted by Gasteiger charge is -2.08. The largest absolute Gasteiger partial charge is 0.481 e. The molecule has 0 unspecified atom stereocenters. The van der Waals surface area contributed by atoms with Crippen molar-refractivity contribution in [3.05, 3.63) is 34.2 Å². The number of anilines is 1. The van der Waals surface area contributed by atoms with Crippen molar-refractivity contribution in [3.8, 4) is 17.3 Å². The second kappa shape index (κ2) is 7.90. The molecule has 0 fully saturated rings. The van der Waals surface area contributed by atoms with Crippen molar-refractivity contribution >= 4 is 39.9 Å². The van der Waals surface area contributed by atoms with Gasteiger partial charge in [0.1, 0.15) is 16.6 Å². The molecule has 1 aromatic carbocycles. The zero-order valence-corrected chi connectivity index (χ0v) is 14.3. The number of carboxylic acid groups (broad SMARTS) is 1. The number of benzene rings is 1. The summed E-state index contributed by atoms with van der Waals surface area (Å²) in [6.07, 6.45) is 0.155. The minimum Gasteiger partial charge on any atom is -0.481 e. The third kappa shape index (κ3) is 4.54.